The van der Waals surface area contributed by atoms with Crippen molar-refractivity contribution in [2.45, 2.75) is 0 Å². The molecule has 2 N–H and O–H groups in total. The first-order valence-electron chi connectivity index (χ1n) is 7.61. The summed E-state index contributed by atoms with van der Waals surface area (Å²) in [5, 5.41) is 5.45. The molecule has 2 aromatic rings. The van der Waals surface area contributed by atoms with Gasteiger partial charge in [0.1, 0.15) is 11.5 Å². The van der Waals surface area contributed by atoms with E-state index < -0.39 is 0 Å². The van der Waals surface area contributed by atoms with Gasteiger partial charge in [-0.3, -0.25) is 9.59 Å². The molecule has 2 rings (SSSR count). The summed E-state index contributed by atoms with van der Waals surface area (Å²) in [6.07, 6.45) is 1.60. The SMILES string of the molecule is C=CCNC(=O)c1ccc(C(=O)Nc2cc(OC)ccc2OC)cc1. The van der Waals surface area contributed by atoms with Crippen LogP contribution in [0.2, 0.25) is 0 Å². The average molecular weight is 340 g/mol. The van der Waals surface area contributed by atoms with Crippen LogP contribution in [0.3, 0.4) is 0 Å². The van der Waals surface area contributed by atoms with Gasteiger partial charge >= 0.3 is 0 Å². The summed E-state index contributed by atoms with van der Waals surface area (Å²) < 4.78 is 10.4. The Hall–Kier alpha value is -3.28. The number of rotatable bonds is 7. The highest BCUT2D eigenvalue weighted by molar-refractivity contribution is 6.05. The second-order valence-corrected chi connectivity index (χ2v) is 5.10. The van der Waals surface area contributed by atoms with Crippen molar-refractivity contribution in [2.24, 2.45) is 0 Å². The van der Waals surface area contributed by atoms with Gasteiger partial charge < -0.3 is 20.1 Å². The zero-order chi connectivity index (χ0) is 18.2. The van der Waals surface area contributed by atoms with Crippen LogP contribution in [-0.4, -0.2) is 32.6 Å². The molecule has 25 heavy (non-hydrogen) atoms. The molecule has 0 saturated carbocycles. The maximum atomic E-state index is 12.4. The zero-order valence-corrected chi connectivity index (χ0v) is 14.2. The number of anilines is 1. The maximum absolute atomic E-state index is 12.4. The first-order chi connectivity index (χ1) is 12.1. The van der Waals surface area contributed by atoms with Gasteiger partial charge in [0, 0.05) is 23.7 Å². The van der Waals surface area contributed by atoms with E-state index in [1.807, 2.05) is 0 Å². The molecule has 0 radical (unpaired) electrons. The molecule has 0 heterocycles. The lowest BCUT2D eigenvalue weighted by Crippen LogP contribution is -2.23. The molecule has 2 amide bonds. The number of carbonyl (C=O) groups is 2. The quantitative estimate of drug-likeness (QED) is 0.760. The third-order valence-electron chi connectivity index (χ3n) is 3.47. The number of carbonyl (C=O) groups excluding carboxylic acids is 2. The number of amides is 2. The summed E-state index contributed by atoms with van der Waals surface area (Å²) in [6.45, 7) is 3.93. The first kappa shape index (κ1) is 18.1. The highest BCUT2D eigenvalue weighted by Crippen LogP contribution is 2.29. The molecule has 0 unspecified atom stereocenters. The van der Waals surface area contributed by atoms with E-state index in [9.17, 15) is 9.59 Å². The normalized spacial score (nSPS) is 9.84. The summed E-state index contributed by atoms with van der Waals surface area (Å²) in [6, 6.07) is 11.5. The van der Waals surface area contributed by atoms with Gasteiger partial charge in [-0.05, 0) is 36.4 Å². The fraction of sp³-hybridized carbons (Fsp3) is 0.158. The first-order valence-corrected chi connectivity index (χ1v) is 7.61. The predicted octanol–water partition coefficient (Wildman–Crippen LogP) is 2.87. The lowest BCUT2D eigenvalue weighted by atomic mass is 10.1. The molecule has 0 aromatic heterocycles. The van der Waals surface area contributed by atoms with E-state index in [4.69, 9.17) is 9.47 Å². The van der Waals surface area contributed by atoms with Crippen LogP contribution in [0.4, 0.5) is 5.69 Å². The molecule has 6 nitrogen and oxygen atoms in total. The molecular weight excluding hydrogens is 320 g/mol. The predicted molar refractivity (Wildman–Crippen MR) is 96.5 cm³/mol. The number of ether oxygens (including phenoxy) is 2. The zero-order valence-electron chi connectivity index (χ0n) is 14.2. The lowest BCUT2D eigenvalue weighted by Gasteiger charge is -2.12. The molecule has 130 valence electrons. The average Bonchev–Trinajstić information content (AvgIpc) is 2.66. The van der Waals surface area contributed by atoms with E-state index in [0.29, 0.717) is 34.9 Å². The minimum atomic E-state index is -0.315. The van der Waals surface area contributed by atoms with Gasteiger partial charge in [-0.1, -0.05) is 6.08 Å². The van der Waals surface area contributed by atoms with Crippen molar-refractivity contribution in [3.05, 3.63) is 66.2 Å². The Labute approximate surface area is 146 Å². The van der Waals surface area contributed by atoms with Crippen molar-refractivity contribution in [2.75, 3.05) is 26.1 Å². The van der Waals surface area contributed by atoms with Gasteiger partial charge in [0.2, 0.25) is 0 Å². The number of nitrogens with one attached hydrogen (secondary N) is 2. The van der Waals surface area contributed by atoms with Crippen molar-refractivity contribution in [3.8, 4) is 11.5 Å². The van der Waals surface area contributed by atoms with Crippen LogP contribution in [0.25, 0.3) is 0 Å². The third-order valence-corrected chi connectivity index (χ3v) is 3.47. The summed E-state index contributed by atoms with van der Waals surface area (Å²) in [5.74, 6) is 0.589. The second kappa shape index (κ2) is 8.54. The van der Waals surface area contributed by atoms with E-state index >= 15 is 0 Å². The Bertz CT molecular complexity index is 769. The van der Waals surface area contributed by atoms with Crippen molar-refractivity contribution in [3.63, 3.8) is 0 Å². The summed E-state index contributed by atoms with van der Waals surface area (Å²) in [4.78, 5) is 24.3. The van der Waals surface area contributed by atoms with Crippen LogP contribution in [0.5, 0.6) is 11.5 Å². The highest BCUT2D eigenvalue weighted by Gasteiger charge is 2.12. The number of hydrogen-bond acceptors (Lipinski definition) is 4. The van der Waals surface area contributed by atoms with Crippen LogP contribution in [-0.2, 0) is 0 Å². The maximum Gasteiger partial charge on any atom is 0.255 e. The van der Waals surface area contributed by atoms with Crippen LogP contribution >= 0.6 is 0 Å². The van der Waals surface area contributed by atoms with Crippen molar-refractivity contribution in [1.82, 2.24) is 5.32 Å². The van der Waals surface area contributed by atoms with Crippen molar-refractivity contribution < 1.29 is 19.1 Å². The Morgan fingerprint density at radius 2 is 1.64 bits per heavy atom. The van der Waals surface area contributed by atoms with Gasteiger partial charge in [-0.2, -0.15) is 0 Å². The molecule has 0 aliphatic heterocycles. The number of benzene rings is 2. The van der Waals surface area contributed by atoms with Crippen molar-refractivity contribution >= 4 is 17.5 Å². The van der Waals surface area contributed by atoms with Crippen LogP contribution in [0.15, 0.2) is 55.1 Å². The van der Waals surface area contributed by atoms with Crippen LogP contribution in [0.1, 0.15) is 20.7 Å². The standard InChI is InChI=1S/C19H20N2O4/c1-4-11-20-18(22)13-5-7-14(8-6-13)19(23)21-16-12-15(24-2)9-10-17(16)25-3/h4-10,12H,1,11H2,2-3H3,(H,20,22)(H,21,23). The Morgan fingerprint density at radius 1 is 1.00 bits per heavy atom. The van der Waals surface area contributed by atoms with E-state index in [1.54, 1.807) is 55.7 Å². The molecule has 0 fully saturated rings. The molecular formula is C19H20N2O4. The summed E-state index contributed by atoms with van der Waals surface area (Å²) in [7, 11) is 3.07. The van der Waals surface area contributed by atoms with Gasteiger partial charge in [0.05, 0.1) is 19.9 Å². The van der Waals surface area contributed by atoms with Gasteiger partial charge in [0.25, 0.3) is 11.8 Å². The number of hydrogen-bond donors (Lipinski definition) is 2. The van der Waals surface area contributed by atoms with Crippen LogP contribution < -0.4 is 20.1 Å². The largest absolute Gasteiger partial charge is 0.497 e. The molecule has 6 heteroatoms. The van der Waals surface area contributed by atoms with Gasteiger partial charge in [-0.25, -0.2) is 0 Å². The molecule has 0 bridgehead atoms. The van der Waals surface area contributed by atoms with E-state index in [2.05, 4.69) is 17.2 Å². The fourth-order valence-corrected chi connectivity index (χ4v) is 2.15. The molecule has 2 aromatic carbocycles. The monoisotopic (exact) mass is 340 g/mol. The molecule has 0 saturated heterocycles. The fourth-order valence-electron chi connectivity index (χ4n) is 2.15. The Morgan fingerprint density at radius 3 is 2.20 bits per heavy atom. The molecule has 0 spiro atoms. The van der Waals surface area contributed by atoms with E-state index in [1.165, 1.54) is 7.11 Å². The van der Waals surface area contributed by atoms with Gasteiger partial charge in [0.15, 0.2) is 0 Å². The Balaban J connectivity index is 2.13. The summed E-state index contributed by atoms with van der Waals surface area (Å²) in [5.41, 5.74) is 1.39. The van der Waals surface area contributed by atoms with Crippen molar-refractivity contribution in [1.29, 1.82) is 0 Å². The minimum Gasteiger partial charge on any atom is -0.497 e. The highest BCUT2D eigenvalue weighted by atomic mass is 16.5. The Kier molecular flexibility index (Phi) is 6.17. The topological polar surface area (TPSA) is 76.7 Å². The third kappa shape index (κ3) is 4.60. The minimum absolute atomic E-state index is 0.221. The van der Waals surface area contributed by atoms with E-state index in [-0.39, 0.29) is 11.8 Å². The molecule has 0 aliphatic rings. The summed E-state index contributed by atoms with van der Waals surface area (Å²) >= 11 is 0. The smallest absolute Gasteiger partial charge is 0.255 e. The lowest BCUT2D eigenvalue weighted by molar-refractivity contribution is 0.0956. The molecule has 0 atom stereocenters. The van der Waals surface area contributed by atoms with Gasteiger partial charge in [-0.15, -0.1) is 6.58 Å². The van der Waals surface area contributed by atoms with E-state index in [0.717, 1.165) is 0 Å². The second-order valence-electron chi connectivity index (χ2n) is 5.10. The van der Waals surface area contributed by atoms with Crippen LogP contribution in [0, 0.1) is 0 Å². The number of methoxy groups -OCH3 is 2. The molecule has 0 aliphatic carbocycles.